The van der Waals surface area contributed by atoms with E-state index in [2.05, 4.69) is 4.90 Å². The highest BCUT2D eigenvalue weighted by molar-refractivity contribution is 7.89. The Kier molecular flexibility index (Phi) is 8.40. The number of carbonyl (C=O) groups is 1. The Morgan fingerprint density at radius 1 is 0.974 bits per heavy atom. The first kappa shape index (κ1) is 27.2. The molecule has 0 aromatic heterocycles. The first-order chi connectivity index (χ1) is 18.1. The van der Waals surface area contributed by atoms with Crippen LogP contribution in [0.5, 0.6) is 5.75 Å². The lowest BCUT2D eigenvalue weighted by Crippen LogP contribution is -2.48. The number of benzene rings is 3. The van der Waals surface area contributed by atoms with Crippen molar-refractivity contribution in [2.24, 2.45) is 0 Å². The number of sulfonamides is 1. The van der Waals surface area contributed by atoms with Crippen molar-refractivity contribution >= 4 is 21.7 Å². The van der Waals surface area contributed by atoms with Crippen LogP contribution in [-0.4, -0.2) is 59.8 Å². The Bertz CT molecular complexity index is 1400. The average Bonchev–Trinajstić information content (AvgIpc) is 2.89. The molecule has 1 aliphatic heterocycles. The van der Waals surface area contributed by atoms with E-state index in [0.29, 0.717) is 44.0 Å². The maximum Gasteiger partial charge on any atom is 0.307 e. The summed E-state index contributed by atoms with van der Waals surface area (Å²) in [6.45, 7) is 4.25. The van der Waals surface area contributed by atoms with Gasteiger partial charge in [0.1, 0.15) is 12.4 Å². The average molecular weight is 540 g/mol. The molecule has 1 N–H and O–H groups in total. The number of nitro benzene ring substituents is 1. The quantitative estimate of drug-likeness (QED) is 0.305. The lowest BCUT2D eigenvalue weighted by Gasteiger charge is -2.34. The van der Waals surface area contributed by atoms with Gasteiger partial charge in [0, 0.05) is 50.4 Å². The summed E-state index contributed by atoms with van der Waals surface area (Å²) in [6.07, 6.45) is -0.127. The fourth-order valence-electron chi connectivity index (χ4n) is 4.28. The molecule has 3 aromatic rings. The van der Waals surface area contributed by atoms with Gasteiger partial charge < -0.3 is 9.84 Å². The molecule has 200 valence electrons. The zero-order valence-electron chi connectivity index (χ0n) is 20.9. The minimum atomic E-state index is -3.58. The van der Waals surface area contributed by atoms with Crippen molar-refractivity contribution in [3.8, 4) is 5.75 Å². The van der Waals surface area contributed by atoms with Gasteiger partial charge in [0.05, 0.1) is 16.2 Å². The second kappa shape index (κ2) is 11.7. The number of piperazine rings is 1. The number of hydrogen-bond acceptors (Lipinski definition) is 7. The second-order valence-electron chi connectivity index (χ2n) is 9.22. The summed E-state index contributed by atoms with van der Waals surface area (Å²) in [5.41, 5.74) is 3.17. The van der Waals surface area contributed by atoms with Crippen molar-refractivity contribution in [3.63, 3.8) is 0 Å². The predicted molar refractivity (Wildman–Crippen MR) is 140 cm³/mol. The summed E-state index contributed by atoms with van der Waals surface area (Å²) in [6, 6.07) is 18.1. The molecule has 11 heteroatoms. The Morgan fingerprint density at radius 2 is 1.61 bits per heavy atom. The zero-order chi connectivity index (χ0) is 27.3. The predicted octanol–water partition coefficient (Wildman–Crippen LogP) is 3.62. The molecule has 0 saturated carbocycles. The van der Waals surface area contributed by atoms with E-state index in [1.165, 1.54) is 16.4 Å². The Hall–Kier alpha value is -3.80. The van der Waals surface area contributed by atoms with E-state index >= 15 is 0 Å². The van der Waals surface area contributed by atoms with Gasteiger partial charge in [-0.3, -0.25) is 19.8 Å². The topological polar surface area (TPSA) is 130 Å². The minimum Gasteiger partial charge on any atom is -0.489 e. The van der Waals surface area contributed by atoms with Gasteiger partial charge in [-0.15, -0.1) is 0 Å². The van der Waals surface area contributed by atoms with Crippen molar-refractivity contribution in [3.05, 3.63) is 99.1 Å². The summed E-state index contributed by atoms with van der Waals surface area (Å²) in [7, 11) is -3.58. The molecule has 0 atom stereocenters. The highest BCUT2D eigenvalue weighted by atomic mass is 32.2. The van der Waals surface area contributed by atoms with Crippen LogP contribution in [0, 0.1) is 17.0 Å². The van der Waals surface area contributed by atoms with Crippen LogP contribution in [0.2, 0.25) is 0 Å². The fraction of sp³-hybridized carbons (Fsp3) is 0.296. The molecule has 38 heavy (non-hydrogen) atoms. The van der Waals surface area contributed by atoms with Crippen LogP contribution in [0.25, 0.3) is 0 Å². The summed E-state index contributed by atoms with van der Waals surface area (Å²) < 4.78 is 33.6. The van der Waals surface area contributed by atoms with Crippen LogP contribution in [0.3, 0.4) is 0 Å². The molecule has 1 fully saturated rings. The molecule has 0 aliphatic carbocycles. The molecule has 0 radical (unpaired) electrons. The van der Waals surface area contributed by atoms with Gasteiger partial charge in [-0.1, -0.05) is 29.8 Å². The molecule has 0 bridgehead atoms. The highest BCUT2D eigenvalue weighted by Crippen LogP contribution is 2.26. The Labute approximate surface area is 221 Å². The number of nitrogens with zero attached hydrogens (tertiary/aromatic N) is 3. The highest BCUT2D eigenvalue weighted by Gasteiger charge is 2.28. The molecule has 1 heterocycles. The molecule has 4 rings (SSSR count). The molecule has 3 aromatic carbocycles. The molecule has 0 spiro atoms. The van der Waals surface area contributed by atoms with E-state index in [0.717, 1.165) is 16.7 Å². The van der Waals surface area contributed by atoms with E-state index in [4.69, 9.17) is 4.74 Å². The van der Waals surface area contributed by atoms with E-state index in [9.17, 15) is 28.4 Å². The number of carboxylic acid groups (broad SMARTS) is 1. The standard InChI is InChI=1S/C27H29N3O7S/c1-20-2-9-25(10-3-20)38(35,36)29-14-12-28(13-15-29)18-23-16-22(17-27(31)32)6-11-26(23)37-19-21-4-7-24(8-5-21)30(33)34/h2-11,16H,12-15,17-19H2,1H3,(H,31,32). The summed E-state index contributed by atoms with van der Waals surface area (Å²) in [4.78, 5) is 24.1. The van der Waals surface area contributed by atoms with Gasteiger partial charge in [-0.2, -0.15) is 4.31 Å². The number of non-ortho nitro benzene ring substituents is 1. The van der Waals surface area contributed by atoms with Crippen molar-refractivity contribution < 1.29 is 28.0 Å². The van der Waals surface area contributed by atoms with Crippen LogP contribution in [0.4, 0.5) is 5.69 Å². The Balaban J connectivity index is 1.44. The van der Waals surface area contributed by atoms with Gasteiger partial charge >= 0.3 is 5.97 Å². The van der Waals surface area contributed by atoms with Crippen LogP contribution >= 0.6 is 0 Å². The number of aliphatic carboxylic acids is 1. The maximum absolute atomic E-state index is 13.0. The molecule has 0 amide bonds. The Morgan fingerprint density at radius 3 is 2.21 bits per heavy atom. The summed E-state index contributed by atoms with van der Waals surface area (Å²) in [5, 5.41) is 20.1. The van der Waals surface area contributed by atoms with Gasteiger partial charge in [0.2, 0.25) is 10.0 Å². The molecular weight excluding hydrogens is 510 g/mol. The van der Waals surface area contributed by atoms with E-state index in [1.807, 2.05) is 6.92 Å². The van der Waals surface area contributed by atoms with E-state index < -0.39 is 20.9 Å². The smallest absolute Gasteiger partial charge is 0.307 e. The number of rotatable bonds is 10. The van der Waals surface area contributed by atoms with Gasteiger partial charge in [0.15, 0.2) is 0 Å². The first-order valence-corrected chi connectivity index (χ1v) is 13.5. The van der Waals surface area contributed by atoms with Gasteiger partial charge in [-0.05, 0) is 48.4 Å². The number of nitro groups is 1. The van der Waals surface area contributed by atoms with E-state index in [1.54, 1.807) is 54.6 Å². The van der Waals surface area contributed by atoms with Crippen LogP contribution < -0.4 is 4.74 Å². The lowest BCUT2D eigenvalue weighted by molar-refractivity contribution is -0.384. The fourth-order valence-corrected chi connectivity index (χ4v) is 5.71. The van der Waals surface area contributed by atoms with Crippen LogP contribution in [-0.2, 0) is 34.4 Å². The number of ether oxygens (including phenoxy) is 1. The molecule has 1 saturated heterocycles. The van der Waals surface area contributed by atoms with E-state index in [-0.39, 0.29) is 23.6 Å². The third kappa shape index (κ3) is 6.74. The van der Waals surface area contributed by atoms with Crippen molar-refractivity contribution in [2.75, 3.05) is 26.2 Å². The molecule has 10 nitrogen and oxygen atoms in total. The SMILES string of the molecule is Cc1ccc(S(=O)(=O)N2CCN(Cc3cc(CC(=O)O)ccc3OCc3ccc([N+](=O)[O-])cc3)CC2)cc1. The molecule has 0 unspecified atom stereocenters. The van der Waals surface area contributed by atoms with Crippen molar-refractivity contribution in [1.82, 2.24) is 9.21 Å². The largest absolute Gasteiger partial charge is 0.489 e. The van der Waals surface area contributed by atoms with Crippen LogP contribution in [0.15, 0.2) is 71.6 Å². The molecule has 1 aliphatic rings. The van der Waals surface area contributed by atoms with Gasteiger partial charge in [-0.25, -0.2) is 8.42 Å². The first-order valence-electron chi connectivity index (χ1n) is 12.1. The molecular formula is C27H29N3O7S. The summed E-state index contributed by atoms with van der Waals surface area (Å²) in [5.74, 6) is -0.363. The third-order valence-corrected chi connectivity index (χ3v) is 8.32. The zero-order valence-corrected chi connectivity index (χ0v) is 21.8. The van der Waals surface area contributed by atoms with Crippen molar-refractivity contribution in [1.29, 1.82) is 0 Å². The summed E-state index contributed by atoms with van der Waals surface area (Å²) >= 11 is 0. The van der Waals surface area contributed by atoms with Crippen molar-refractivity contribution in [2.45, 2.75) is 31.4 Å². The number of hydrogen-bond donors (Lipinski definition) is 1. The maximum atomic E-state index is 13.0. The number of carboxylic acids is 1. The number of aryl methyl sites for hydroxylation is 1. The second-order valence-corrected chi connectivity index (χ2v) is 11.2. The third-order valence-electron chi connectivity index (χ3n) is 6.41. The van der Waals surface area contributed by atoms with Gasteiger partial charge in [0.25, 0.3) is 5.69 Å². The lowest BCUT2D eigenvalue weighted by atomic mass is 10.1. The monoisotopic (exact) mass is 539 g/mol. The van der Waals surface area contributed by atoms with Crippen LogP contribution in [0.1, 0.15) is 22.3 Å². The normalized spacial score (nSPS) is 14.8. The minimum absolute atomic E-state index is 0.00371.